The second-order valence-corrected chi connectivity index (χ2v) is 18.9. The molecule has 24 heteroatoms. The molecule has 2 aliphatic rings. The summed E-state index contributed by atoms with van der Waals surface area (Å²) in [4.78, 5) is 54.5. The van der Waals surface area contributed by atoms with Gasteiger partial charge in [0.25, 0.3) is 24.3 Å². The number of amides is 1. The van der Waals surface area contributed by atoms with E-state index in [0.717, 1.165) is 27.6 Å². The molecule has 1 fully saturated rings. The molecular formula is C42H33ClF8N10O4S. The van der Waals surface area contributed by atoms with Crippen LogP contribution in [-0.2, 0) is 45.1 Å². The van der Waals surface area contributed by atoms with Crippen LogP contribution in [0.2, 0.25) is 5.02 Å². The van der Waals surface area contributed by atoms with Crippen molar-refractivity contribution in [3.8, 4) is 16.9 Å². The number of aromatic nitrogens is 8. The molecule has 1 amide bonds. The minimum absolute atomic E-state index is 0.0460. The second kappa shape index (κ2) is 16.4. The number of alkyl halides is 6. The molecule has 66 heavy (non-hydrogen) atoms. The van der Waals surface area contributed by atoms with Crippen molar-refractivity contribution >= 4 is 60.9 Å². The topological polar surface area (TPSA) is 172 Å². The van der Waals surface area contributed by atoms with Gasteiger partial charge in [0, 0.05) is 58.3 Å². The molecular weight excluding hydrogens is 928 g/mol. The van der Waals surface area contributed by atoms with Crippen LogP contribution in [0.4, 0.5) is 40.9 Å². The standard InChI is InChI=1S/C42H33ClF8N10O4S/c1-18-34(53-8-7-52-18)20-3-4-23-27(12-20)55-40(61(41(23)64)29-6-5-26(43)33-36(29)59(15-30(46)47)57-39(33)58-66(2,65)17-62)28(11-19-9-21(44)13-22(45)10-19)54-31(63)16-60-37-32(35(56-60)38(48)49)24-14-25(24)42(37,50)51/h3-10,12-13,17,24-25,28,30,38,66H,11,14-16H2,1-2H3,(H,54,63)(H,57,58,65)/t24-,25+,28+/m1/s1. The number of thiol groups is 1. The molecule has 1 saturated carbocycles. The fourth-order valence-corrected chi connectivity index (χ4v) is 9.53. The summed E-state index contributed by atoms with van der Waals surface area (Å²) in [6.07, 6.45) is -3.06. The first-order valence-corrected chi connectivity index (χ1v) is 22.5. The minimum atomic E-state index is -3.89. The SMILES string of the molecule is Cc1nccnc1-c1ccc2c(=O)n(-c3ccc(Cl)c4c(N[SH](C)(=O)C=O)nn(CC(F)F)c34)c([C@H](Cc3cc(F)cc(F)c3)NC(=O)Cn3nc(C(F)F)c4c3C(F)(F)[C@H]3C[C@@H]43)nc2c1. The van der Waals surface area contributed by atoms with Crippen molar-refractivity contribution in [3.63, 3.8) is 0 Å². The Labute approximate surface area is 372 Å². The lowest BCUT2D eigenvalue weighted by Crippen LogP contribution is -2.38. The van der Waals surface area contributed by atoms with Gasteiger partial charge in [-0.25, -0.2) is 31.3 Å². The first-order chi connectivity index (χ1) is 31.3. The smallest absolute Gasteiger partial charge is 0.293 e. The number of nitrogens with one attached hydrogen (secondary N) is 2. The van der Waals surface area contributed by atoms with E-state index in [1.807, 2.05) is 0 Å². The Balaban J connectivity index is 1.29. The molecule has 2 N–H and O–H groups in total. The van der Waals surface area contributed by atoms with Crippen molar-refractivity contribution in [1.29, 1.82) is 0 Å². The number of hydrogen-bond donors (Lipinski definition) is 3. The monoisotopic (exact) mass is 960 g/mol. The first kappa shape index (κ1) is 44.6. The van der Waals surface area contributed by atoms with E-state index < -0.39 is 107 Å². The molecule has 9 rings (SSSR count). The van der Waals surface area contributed by atoms with E-state index in [-0.39, 0.29) is 61.5 Å². The zero-order valence-corrected chi connectivity index (χ0v) is 35.8. The summed E-state index contributed by atoms with van der Waals surface area (Å²) in [5.41, 5.74) is -2.35. The summed E-state index contributed by atoms with van der Waals surface area (Å²) in [6, 6.07) is 7.58. The maximum absolute atomic E-state index is 15.6. The van der Waals surface area contributed by atoms with Gasteiger partial charge in [0.2, 0.25) is 5.91 Å². The third-order valence-corrected chi connectivity index (χ3v) is 12.8. The Morgan fingerprint density at radius 1 is 1.02 bits per heavy atom. The average Bonchev–Trinajstić information content (AvgIpc) is 3.77. The number of benzene rings is 3. The quantitative estimate of drug-likeness (QED) is 0.0575. The van der Waals surface area contributed by atoms with E-state index in [1.165, 1.54) is 42.7 Å². The lowest BCUT2D eigenvalue weighted by molar-refractivity contribution is -0.123. The van der Waals surface area contributed by atoms with Gasteiger partial charge in [-0.1, -0.05) is 17.7 Å². The van der Waals surface area contributed by atoms with E-state index in [0.29, 0.717) is 27.7 Å². The molecule has 14 nitrogen and oxygen atoms in total. The first-order valence-electron chi connectivity index (χ1n) is 19.9. The molecule has 4 aromatic heterocycles. The summed E-state index contributed by atoms with van der Waals surface area (Å²) in [7, 11) is -3.89. The highest BCUT2D eigenvalue weighted by Crippen LogP contribution is 2.68. The van der Waals surface area contributed by atoms with Crippen molar-refractivity contribution in [2.24, 2.45) is 5.92 Å². The molecule has 0 bridgehead atoms. The van der Waals surface area contributed by atoms with Gasteiger partial charge in [-0.3, -0.25) is 42.5 Å². The summed E-state index contributed by atoms with van der Waals surface area (Å²) < 4.78 is 135. The van der Waals surface area contributed by atoms with Crippen molar-refractivity contribution in [1.82, 2.24) is 44.4 Å². The molecule has 3 atom stereocenters. The van der Waals surface area contributed by atoms with Crippen LogP contribution in [0.15, 0.2) is 65.7 Å². The summed E-state index contributed by atoms with van der Waals surface area (Å²) in [5, 5.41) is 10.0. The Kier molecular flexibility index (Phi) is 11.1. The molecule has 0 saturated heterocycles. The number of anilines is 1. The number of fused-ring (bicyclic) bond motifs is 5. The predicted octanol–water partition coefficient (Wildman–Crippen LogP) is 7.30. The van der Waals surface area contributed by atoms with Gasteiger partial charge in [0.15, 0.2) is 11.4 Å². The highest BCUT2D eigenvalue weighted by atomic mass is 35.5. The lowest BCUT2D eigenvalue weighted by Gasteiger charge is -2.24. The zero-order valence-electron chi connectivity index (χ0n) is 34.1. The molecule has 3 aromatic carbocycles. The van der Waals surface area contributed by atoms with Crippen molar-refractivity contribution in [3.05, 3.63) is 122 Å². The Morgan fingerprint density at radius 2 is 1.74 bits per heavy atom. The molecule has 2 aliphatic carbocycles. The predicted molar refractivity (Wildman–Crippen MR) is 226 cm³/mol. The highest BCUT2D eigenvalue weighted by molar-refractivity contribution is 8.15. The number of halogens is 9. The maximum Gasteiger partial charge on any atom is 0.293 e. The number of aryl methyl sites for hydroxylation is 1. The highest BCUT2D eigenvalue weighted by Gasteiger charge is 2.67. The van der Waals surface area contributed by atoms with Gasteiger partial charge in [0.05, 0.1) is 49.9 Å². The molecule has 0 spiro atoms. The fourth-order valence-electron chi connectivity index (χ4n) is 8.65. The zero-order chi connectivity index (χ0) is 47.1. The van der Waals surface area contributed by atoms with Gasteiger partial charge in [0.1, 0.15) is 41.9 Å². The maximum atomic E-state index is 15.6. The Morgan fingerprint density at radius 3 is 2.42 bits per heavy atom. The molecule has 7 aromatic rings. The van der Waals surface area contributed by atoms with Crippen LogP contribution in [0.3, 0.4) is 0 Å². The van der Waals surface area contributed by atoms with Crippen molar-refractivity contribution in [2.75, 3.05) is 11.0 Å². The number of rotatable bonds is 14. The average molecular weight is 961 g/mol. The van der Waals surface area contributed by atoms with Gasteiger partial charge in [-0.05, 0) is 61.2 Å². The Hall–Kier alpha value is -6.62. The lowest BCUT2D eigenvalue weighted by atomic mass is 10.0. The molecule has 0 radical (unpaired) electrons. The number of carbonyl (C=O) groups excluding carboxylic acids is 2. The largest absolute Gasteiger partial charge is 0.344 e. The Bertz CT molecular complexity index is 3250. The van der Waals surface area contributed by atoms with Gasteiger partial charge in [-0.15, -0.1) is 0 Å². The number of carbonyl (C=O) groups is 2. The summed E-state index contributed by atoms with van der Waals surface area (Å²) >= 11 is 6.64. The van der Waals surface area contributed by atoms with Crippen molar-refractivity contribution in [2.45, 2.75) is 63.6 Å². The summed E-state index contributed by atoms with van der Waals surface area (Å²) in [6.45, 7) is -0.535. The molecule has 344 valence electrons. The molecule has 0 unspecified atom stereocenters. The second-order valence-electron chi connectivity index (χ2n) is 16.0. The third-order valence-electron chi connectivity index (χ3n) is 11.4. The fraction of sp³-hybridized carbons (Fsp3) is 0.286. The van der Waals surface area contributed by atoms with Crippen molar-refractivity contribution < 1.29 is 48.9 Å². The minimum Gasteiger partial charge on any atom is -0.344 e. The third kappa shape index (κ3) is 7.86. The number of hydrogen-bond acceptors (Lipinski definition) is 9. The van der Waals surface area contributed by atoms with E-state index in [4.69, 9.17) is 16.6 Å². The van der Waals surface area contributed by atoms with Crippen LogP contribution in [0.1, 0.15) is 58.8 Å². The van der Waals surface area contributed by atoms with E-state index in [1.54, 1.807) is 6.92 Å². The van der Waals surface area contributed by atoms with E-state index in [9.17, 15) is 40.1 Å². The van der Waals surface area contributed by atoms with Crippen LogP contribution in [0, 0.1) is 24.5 Å². The number of nitrogens with zero attached hydrogens (tertiary/aromatic N) is 8. The van der Waals surface area contributed by atoms with Gasteiger partial charge < -0.3 is 10.0 Å². The van der Waals surface area contributed by atoms with Crippen LogP contribution in [-0.4, -0.2) is 67.5 Å². The van der Waals surface area contributed by atoms with Gasteiger partial charge >= 0.3 is 0 Å². The molecule has 4 heterocycles. The van der Waals surface area contributed by atoms with Crippen LogP contribution in [0.25, 0.3) is 38.8 Å². The van der Waals surface area contributed by atoms with Crippen LogP contribution in [0.5, 0.6) is 0 Å². The van der Waals surface area contributed by atoms with Gasteiger partial charge in [-0.2, -0.15) is 19.0 Å². The van der Waals surface area contributed by atoms with E-state index in [2.05, 4.69) is 30.2 Å². The summed E-state index contributed by atoms with van der Waals surface area (Å²) in [5.74, 6) is -9.80. The van der Waals surface area contributed by atoms with E-state index >= 15 is 13.6 Å². The van der Waals surface area contributed by atoms with Crippen LogP contribution < -0.4 is 15.6 Å². The molecule has 0 aliphatic heterocycles. The van der Waals surface area contributed by atoms with Crippen LogP contribution >= 0.6 is 11.6 Å². The normalized spacial score (nSPS) is 17.0.